The van der Waals surface area contributed by atoms with E-state index < -0.39 is 11.7 Å². The predicted molar refractivity (Wildman–Crippen MR) is 108 cm³/mol. The number of anilines is 3. The fraction of sp³-hybridized carbons (Fsp3) is 0.211. The summed E-state index contributed by atoms with van der Waals surface area (Å²) in [6.45, 7) is 1.64. The van der Waals surface area contributed by atoms with Gasteiger partial charge in [-0.05, 0) is 53.2 Å². The second kappa shape index (κ2) is 8.75. The Morgan fingerprint density at radius 3 is 2.52 bits per heavy atom. The Kier molecular flexibility index (Phi) is 6.33. The Morgan fingerprint density at radius 1 is 1.10 bits per heavy atom. The fourth-order valence-corrected chi connectivity index (χ4v) is 2.90. The number of alkyl halides is 3. The first-order valence-corrected chi connectivity index (χ1v) is 9.37. The second-order valence-corrected chi connectivity index (χ2v) is 7.08. The van der Waals surface area contributed by atoms with Gasteiger partial charge in [0.25, 0.3) is 0 Å². The first kappa shape index (κ1) is 21.0. The van der Waals surface area contributed by atoms with Gasteiger partial charge in [0.15, 0.2) is 0 Å². The van der Waals surface area contributed by atoms with Crippen LogP contribution in [-0.2, 0) is 6.18 Å². The largest absolute Gasteiger partial charge is 0.416 e. The summed E-state index contributed by atoms with van der Waals surface area (Å²) in [7, 11) is 0. The molecule has 2 heterocycles. The first-order valence-electron chi connectivity index (χ1n) is 8.58. The van der Waals surface area contributed by atoms with Crippen LogP contribution in [0.1, 0.15) is 12.5 Å². The van der Waals surface area contributed by atoms with Gasteiger partial charge in [0.05, 0.1) is 29.2 Å². The Balaban J connectivity index is 1.97. The van der Waals surface area contributed by atoms with Gasteiger partial charge in [-0.15, -0.1) is 0 Å². The quantitative estimate of drug-likeness (QED) is 0.480. The standard InChI is InChI=1S/C19H17BrF3N5O/c1-11(10-29)25-18-27-16(15-4-2-3-7-24-15)9-17(28-18)26-14-6-5-12(8-13(14)20)19(21,22)23/h2-9,11,29H,10H2,1H3,(H2,25,26,27,28)/t11-/m0/s1. The summed E-state index contributed by atoms with van der Waals surface area (Å²) in [6, 6.07) is 10.0. The van der Waals surface area contributed by atoms with Gasteiger partial charge in [0.2, 0.25) is 5.95 Å². The molecule has 1 aromatic carbocycles. The van der Waals surface area contributed by atoms with Gasteiger partial charge in [0.1, 0.15) is 5.82 Å². The Morgan fingerprint density at radius 2 is 1.90 bits per heavy atom. The van der Waals surface area contributed by atoms with E-state index in [1.54, 1.807) is 31.3 Å². The van der Waals surface area contributed by atoms with E-state index in [9.17, 15) is 18.3 Å². The number of hydrogen-bond donors (Lipinski definition) is 3. The van der Waals surface area contributed by atoms with Gasteiger partial charge in [0, 0.05) is 22.8 Å². The zero-order valence-electron chi connectivity index (χ0n) is 15.2. The van der Waals surface area contributed by atoms with Gasteiger partial charge >= 0.3 is 6.18 Å². The van der Waals surface area contributed by atoms with E-state index in [0.717, 1.165) is 12.1 Å². The lowest BCUT2D eigenvalue weighted by Crippen LogP contribution is -2.21. The summed E-state index contributed by atoms with van der Waals surface area (Å²) in [5.74, 6) is 0.606. The van der Waals surface area contributed by atoms with Crippen molar-refractivity contribution < 1.29 is 18.3 Å². The maximum absolute atomic E-state index is 12.9. The van der Waals surface area contributed by atoms with Gasteiger partial charge in [-0.3, -0.25) is 4.98 Å². The SMILES string of the molecule is C[C@@H](CO)Nc1nc(Nc2ccc(C(F)(F)F)cc2Br)cc(-c2ccccn2)n1. The third-order valence-electron chi connectivity index (χ3n) is 3.86. The van der Waals surface area contributed by atoms with Crippen LogP contribution in [0.2, 0.25) is 0 Å². The van der Waals surface area contributed by atoms with Crippen LogP contribution in [0, 0.1) is 0 Å². The van der Waals surface area contributed by atoms with Crippen LogP contribution < -0.4 is 10.6 Å². The van der Waals surface area contributed by atoms with Crippen LogP contribution in [0.4, 0.5) is 30.6 Å². The van der Waals surface area contributed by atoms with Gasteiger partial charge in [-0.25, -0.2) is 4.98 Å². The third kappa shape index (κ3) is 5.42. The molecule has 3 N–H and O–H groups in total. The van der Waals surface area contributed by atoms with Gasteiger partial charge in [-0.2, -0.15) is 18.2 Å². The highest BCUT2D eigenvalue weighted by Gasteiger charge is 2.30. The highest BCUT2D eigenvalue weighted by molar-refractivity contribution is 9.10. The number of nitrogens with one attached hydrogen (secondary N) is 2. The number of rotatable bonds is 6. The molecule has 6 nitrogen and oxygen atoms in total. The molecule has 0 spiro atoms. The molecule has 0 aliphatic rings. The highest BCUT2D eigenvalue weighted by atomic mass is 79.9. The molecule has 0 saturated heterocycles. The van der Waals surface area contributed by atoms with E-state index in [0.29, 0.717) is 22.9 Å². The molecule has 0 radical (unpaired) electrons. The number of nitrogens with zero attached hydrogens (tertiary/aromatic N) is 3. The summed E-state index contributed by atoms with van der Waals surface area (Å²) in [4.78, 5) is 13.0. The van der Waals surface area contributed by atoms with Crippen molar-refractivity contribution in [2.75, 3.05) is 17.2 Å². The summed E-state index contributed by atoms with van der Waals surface area (Å²) in [6.07, 6.45) is -2.81. The lowest BCUT2D eigenvalue weighted by molar-refractivity contribution is -0.137. The monoisotopic (exact) mass is 467 g/mol. The van der Waals surface area contributed by atoms with Crippen molar-refractivity contribution >= 4 is 33.4 Å². The van der Waals surface area contributed by atoms with Gasteiger partial charge < -0.3 is 15.7 Å². The van der Waals surface area contributed by atoms with Crippen molar-refractivity contribution in [2.24, 2.45) is 0 Å². The van der Waals surface area contributed by atoms with E-state index in [1.165, 1.54) is 6.07 Å². The van der Waals surface area contributed by atoms with Crippen LogP contribution in [-0.4, -0.2) is 32.7 Å². The Bertz CT molecular complexity index is 985. The molecule has 2 aromatic heterocycles. The molecular formula is C19H17BrF3N5O. The summed E-state index contributed by atoms with van der Waals surface area (Å²) in [5.41, 5.74) is 0.763. The van der Waals surface area contributed by atoms with E-state index in [-0.39, 0.29) is 23.1 Å². The topological polar surface area (TPSA) is 83.0 Å². The zero-order chi connectivity index (χ0) is 21.0. The van der Waals surface area contributed by atoms with Crippen molar-refractivity contribution in [3.8, 4) is 11.4 Å². The maximum Gasteiger partial charge on any atom is 0.416 e. The van der Waals surface area contributed by atoms with Crippen LogP contribution in [0.3, 0.4) is 0 Å². The number of aliphatic hydroxyl groups is 1. The number of pyridine rings is 1. The third-order valence-corrected chi connectivity index (χ3v) is 4.52. The lowest BCUT2D eigenvalue weighted by atomic mass is 10.2. The molecule has 1 atom stereocenters. The van der Waals surface area contributed by atoms with Crippen molar-refractivity contribution in [3.63, 3.8) is 0 Å². The average molecular weight is 468 g/mol. The first-order chi connectivity index (χ1) is 13.8. The minimum Gasteiger partial charge on any atom is -0.394 e. The van der Waals surface area contributed by atoms with Crippen molar-refractivity contribution in [1.29, 1.82) is 0 Å². The van der Waals surface area contributed by atoms with Gasteiger partial charge in [-0.1, -0.05) is 6.07 Å². The number of aromatic nitrogens is 3. The molecule has 3 rings (SSSR count). The minimum absolute atomic E-state index is 0.121. The molecule has 0 aliphatic carbocycles. The van der Waals surface area contributed by atoms with E-state index in [1.807, 2.05) is 6.07 Å². The lowest BCUT2D eigenvalue weighted by Gasteiger charge is -2.15. The Hall–Kier alpha value is -2.72. The average Bonchev–Trinajstić information content (AvgIpc) is 2.69. The van der Waals surface area contributed by atoms with Crippen LogP contribution >= 0.6 is 15.9 Å². The molecule has 0 saturated carbocycles. The number of benzene rings is 1. The summed E-state index contributed by atoms with van der Waals surface area (Å²) in [5, 5.41) is 15.2. The van der Waals surface area contributed by atoms with Crippen molar-refractivity contribution in [3.05, 3.63) is 58.7 Å². The molecule has 0 fully saturated rings. The molecule has 0 amide bonds. The predicted octanol–water partition coefficient (Wildman–Crippen LogP) is 4.86. The van der Waals surface area contributed by atoms with Crippen LogP contribution in [0.5, 0.6) is 0 Å². The number of hydrogen-bond acceptors (Lipinski definition) is 6. The summed E-state index contributed by atoms with van der Waals surface area (Å²) >= 11 is 3.16. The molecule has 29 heavy (non-hydrogen) atoms. The normalized spacial score (nSPS) is 12.5. The molecule has 0 bridgehead atoms. The van der Waals surface area contributed by atoms with Crippen LogP contribution in [0.25, 0.3) is 11.4 Å². The number of aliphatic hydroxyl groups excluding tert-OH is 1. The maximum atomic E-state index is 12.9. The molecule has 0 aliphatic heterocycles. The minimum atomic E-state index is -4.43. The molecule has 0 unspecified atom stereocenters. The molecular weight excluding hydrogens is 451 g/mol. The molecule has 10 heteroatoms. The van der Waals surface area contributed by atoms with E-state index in [4.69, 9.17) is 0 Å². The zero-order valence-corrected chi connectivity index (χ0v) is 16.8. The smallest absolute Gasteiger partial charge is 0.394 e. The Labute approximate surface area is 173 Å². The second-order valence-electron chi connectivity index (χ2n) is 6.22. The fourth-order valence-electron chi connectivity index (χ4n) is 2.42. The molecule has 152 valence electrons. The van der Waals surface area contributed by atoms with E-state index >= 15 is 0 Å². The van der Waals surface area contributed by atoms with Crippen molar-refractivity contribution in [2.45, 2.75) is 19.1 Å². The van der Waals surface area contributed by atoms with E-state index in [2.05, 4.69) is 41.5 Å². The highest BCUT2D eigenvalue weighted by Crippen LogP contribution is 2.35. The molecule has 3 aromatic rings. The van der Waals surface area contributed by atoms with Crippen molar-refractivity contribution in [1.82, 2.24) is 15.0 Å². The van der Waals surface area contributed by atoms with Crippen LogP contribution in [0.15, 0.2) is 53.1 Å². The summed E-state index contributed by atoms with van der Waals surface area (Å²) < 4.78 is 38.9. The number of halogens is 4.